The smallest absolute Gasteiger partial charge is 0.535 e. The molecule has 0 aliphatic heterocycles. The van der Waals surface area contributed by atoms with Gasteiger partial charge in [0.2, 0.25) is 0 Å². The Morgan fingerprint density at radius 1 is 1.40 bits per heavy atom. The molecule has 4 heteroatoms. The Bertz CT molecular complexity index is 305. The van der Waals surface area contributed by atoms with Crippen molar-refractivity contribution in [1.29, 1.82) is 0 Å². The van der Waals surface area contributed by atoms with Crippen molar-refractivity contribution in [2.24, 2.45) is 0 Å². The molecule has 0 saturated heterocycles. The number of halogens is 1. The number of benzene rings is 1. The van der Waals surface area contributed by atoms with Crippen LogP contribution in [0.3, 0.4) is 0 Å². The number of aryl methyl sites for hydroxylation is 1. The maximum Gasteiger partial charge on any atom is 0.569 e. The van der Waals surface area contributed by atoms with E-state index in [4.69, 9.17) is 5.02 Å². The summed E-state index contributed by atoms with van der Waals surface area (Å²) in [5.74, 6) is -0.383. The zero-order valence-electron chi connectivity index (χ0n) is 8.87. The van der Waals surface area contributed by atoms with E-state index in [-0.39, 0.29) is 5.75 Å². The zero-order valence-corrected chi connectivity index (χ0v) is 8.87. The molecule has 0 aromatic heterocycles. The van der Waals surface area contributed by atoms with Gasteiger partial charge in [-0.25, -0.2) is 4.39 Å². The lowest BCUT2D eigenvalue weighted by atomic mass is 10.1. The number of hydrogen-bond acceptors (Lipinski definition) is 2. The topological polar surface area (TPSA) is 29.5 Å². The lowest BCUT2D eigenvalue weighted by Gasteiger charge is -2.05. The Kier molecular flexibility index (Phi) is 5.19. The zero-order chi connectivity index (χ0) is 11.1. The molecule has 0 fully saturated rings. The minimum absolute atomic E-state index is 0.0525. The Hall–Kier alpha value is -1.03. The van der Waals surface area contributed by atoms with Crippen molar-refractivity contribution in [1.82, 2.24) is 0 Å². The maximum atomic E-state index is 13.3. The summed E-state index contributed by atoms with van der Waals surface area (Å²) in [6.45, 7) is 2.13. The van der Waals surface area contributed by atoms with Crippen molar-refractivity contribution >= 4 is 7.69 Å². The average Bonchev–Trinajstić information content (AvgIpc) is 2.23. The maximum absolute atomic E-state index is 13.3. The van der Waals surface area contributed by atoms with Crippen LogP contribution in [0.25, 0.3) is 0 Å². The van der Waals surface area contributed by atoms with Crippen LogP contribution in [0, 0.1) is 5.82 Å². The van der Waals surface area contributed by atoms with E-state index in [2.05, 4.69) is 11.6 Å². The highest BCUT2D eigenvalue weighted by atomic mass is 19.1. The first-order valence-electron chi connectivity index (χ1n) is 5.19. The molecule has 1 N–H and O–H groups in total. The lowest BCUT2D eigenvalue weighted by molar-refractivity contribution is 0.431. The molecule has 0 atom stereocenters. The highest BCUT2D eigenvalue weighted by Crippen LogP contribution is 2.19. The van der Waals surface area contributed by atoms with Crippen LogP contribution in [-0.2, 0) is 6.42 Å². The van der Waals surface area contributed by atoms with Crippen LogP contribution >= 0.6 is 0 Å². The molecule has 0 heterocycles. The fourth-order valence-corrected chi connectivity index (χ4v) is 1.43. The first-order chi connectivity index (χ1) is 7.27. The number of rotatable bonds is 6. The normalized spacial score (nSPS) is 10.1. The van der Waals surface area contributed by atoms with Gasteiger partial charge >= 0.3 is 7.69 Å². The molecule has 0 unspecified atom stereocenters. The summed E-state index contributed by atoms with van der Waals surface area (Å²) < 4.78 is 17.9. The van der Waals surface area contributed by atoms with Crippen LogP contribution in [0.5, 0.6) is 5.75 Å². The van der Waals surface area contributed by atoms with Crippen LogP contribution < -0.4 is 4.65 Å². The van der Waals surface area contributed by atoms with E-state index in [0.717, 1.165) is 31.2 Å². The second kappa shape index (κ2) is 6.46. The second-order valence-electron chi connectivity index (χ2n) is 3.45. The SMILES string of the molecule is CCCCCc1ccc(O[B]O)c(F)c1. The van der Waals surface area contributed by atoms with Crippen molar-refractivity contribution in [2.75, 3.05) is 0 Å². The molecule has 2 nitrogen and oxygen atoms in total. The Morgan fingerprint density at radius 2 is 2.20 bits per heavy atom. The van der Waals surface area contributed by atoms with Crippen LogP contribution in [0.4, 0.5) is 4.39 Å². The summed E-state index contributed by atoms with van der Waals surface area (Å²) in [6, 6.07) is 4.80. The van der Waals surface area contributed by atoms with Crippen molar-refractivity contribution in [3.8, 4) is 5.75 Å². The van der Waals surface area contributed by atoms with E-state index in [1.807, 2.05) is 6.07 Å². The van der Waals surface area contributed by atoms with Crippen LogP contribution in [-0.4, -0.2) is 12.7 Å². The second-order valence-corrected chi connectivity index (χ2v) is 3.45. The van der Waals surface area contributed by atoms with E-state index in [1.54, 1.807) is 0 Å². The van der Waals surface area contributed by atoms with Crippen LogP contribution in [0.15, 0.2) is 18.2 Å². The van der Waals surface area contributed by atoms with Crippen LogP contribution in [0.1, 0.15) is 31.7 Å². The van der Waals surface area contributed by atoms with Crippen LogP contribution in [0.2, 0.25) is 0 Å². The van der Waals surface area contributed by atoms with Crippen molar-refractivity contribution < 1.29 is 14.1 Å². The summed E-state index contributed by atoms with van der Waals surface area (Å²) in [6.07, 6.45) is 4.27. The van der Waals surface area contributed by atoms with Gasteiger partial charge in [0, 0.05) is 0 Å². The quantitative estimate of drug-likeness (QED) is 0.576. The summed E-state index contributed by atoms with van der Waals surface area (Å²) in [7, 11) is 0.481. The molecule has 0 aliphatic carbocycles. The molecule has 0 amide bonds. The monoisotopic (exact) mass is 209 g/mol. The highest BCUT2D eigenvalue weighted by Gasteiger charge is 2.04. The van der Waals surface area contributed by atoms with Gasteiger partial charge in [-0.3, -0.25) is 0 Å². The van der Waals surface area contributed by atoms with Gasteiger partial charge in [0.05, 0.1) is 0 Å². The first kappa shape index (κ1) is 12.0. The molecule has 1 radical (unpaired) electrons. The van der Waals surface area contributed by atoms with Gasteiger partial charge in [-0.05, 0) is 30.5 Å². The van der Waals surface area contributed by atoms with E-state index in [9.17, 15) is 4.39 Å². The average molecular weight is 209 g/mol. The van der Waals surface area contributed by atoms with Crippen molar-refractivity contribution in [2.45, 2.75) is 32.6 Å². The van der Waals surface area contributed by atoms with Gasteiger partial charge in [-0.1, -0.05) is 25.8 Å². The molecule has 1 aromatic carbocycles. The summed E-state index contributed by atoms with van der Waals surface area (Å²) >= 11 is 0. The Labute approximate surface area is 90.4 Å². The molecule has 0 aliphatic rings. The Balaban J connectivity index is 2.56. The fourth-order valence-electron chi connectivity index (χ4n) is 1.43. The summed E-state index contributed by atoms with van der Waals surface area (Å²) in [5.41, 5.74) is 0.964. The first-order valence-corrected chi connectivity index (χ1v) is 5.19. The summed E-state index contributed by atoms with van der Waals surface area (Å²) in [5, 5.41) is 8.37. The van der Waals surface area contributed by atoms with Crippen molar-refractivity contribution in [3.05, 3.63) is 29.6 Å². The van der Waals surface area contributed by atoms with Gasteiger partial charge < -0.3 is 9.68 Å². The molecule has 81 valence electrons. The summed E-state index contributed by atoms with van der Waals surface area (Å²) in [4.78, 5) is 0. The highest BCUT2D eigenvalue weighted by molar-refractivity contribution is 6.17. The predicted octanol–water partition coefficient (Wildman–Crippen LogP) is 2.46. The third kappa shape index (κ3) is 3.92. The lowest BCUT2D eigenvalue weighted by Crippen LogP contribution is -2.02. The molecule has 1 rings (SSSR count). The standard InChI is InChI=1S/C11H15BFO2/c1-2-3-4-5-9-6-7-11(15-12-14)10(13)8-9/h6-8,14H,2-5H2,1H3. The van der Waals surface area contributed by atoms with E-state index >= 15 is 0 Å². The molecule has 15 heavy (non-hydrogen) atoms. The van der Waals surface area contributed by atoms with Gasteiger partial charge in [0.25, 0.3) is 0 Å². The molecule has 1 aromatic rings. The molecular weight excluding hydrogens is 194 g/mol. The largest absolute Gasteiger partial charge is 0.569 e. The van der Waals surface area contributed by atoms with Gasteiger partial charge in [-0.2, -0.15) is 0 Å². The van der Waals surface area contributed by atoms with E-state index in [0.29, 0.717) is 7.69 Å². The number of hydrogen-bond donors (Lipinski definition) is 1. The molecule has 0 saturated carbocycles. The molecule has 0 spiro atoms. The fraction of sp³-hybridized carbons (Fsp3) is 0.455. The molecule has 0 bridgehead atoms. The van der Waals surface area contributed by atoms with Gasteiger partial charge in [0.15, 0.2) is 5.82 Å². The Morgan fingerprint density at radius 3 is 2.80 bits per heavy atom. The predicted molar refractivity (Wildman–Crippen MR) is 58.2 cm³/mol. The third-order valence-electron chi connectivity index (χ3n) is 2.24. The van der Waals surface area contributed by atoms with Crippen molar-refractivity contribution in [3.63, 3.8) is 0 Å². The van der Waals surface area contributed by atoms with E-state index < -0.39 is 5.82 Å². The van der Waals surface area contributed by atoms with Gasteiger partial charge in [-0.15, -0.1) is 0 Å². The molecular formula is C11H15BFO2. The van der Waals surface area contributed by atoms with Gasteiger partial charge in [0.1, 0.15) is 5.75 Å². The third-order valence-corrected chi connectivity index (χ3v) is 2.24. The minimum atomic E-state index is -0.436. The van der Waals surface area contributed by atoms with E-state index in [1.165, 1.54) is 12.1 Å². The minimum Gasteiger partial charge on any atom is -0.535 e. The number of unbranched alkanes of at least 4 members (excludes halogenated alkanes) is 2.